The van der Waals surface area contributed by atoms with Crippen molar-refractivity contribution in [3.8, 4) is 0 Å². The van der Waals surface area contributed by atoms with E-state index >= 15 is 0 Å². The van der Waals surface area contributed by atoms with Crippen LogP contribution in [-0.4, -0.2) is 51.8 Å². The predicted octanol–water partition coefficient (Wildman–Crippen LogP) is 3.74. The number of hydrogen-bond donors (Lipinski definition) is 1. The van der Waals surface area contributed by atoms with Gasteiger partial charge in [0, 0.05) is 42.1 Å². The number of anilines is 1. The number of aryl methyl sites for hydroxylation is 1. The van der Waals surface area contributed by atoms with E-state index < -0.39 is 6.09 Å². The standard InChI is InChI=1S/C20H21BrN4O4/c1-11-14(21)6-5-13-16(11)25(12-3-4-12)18(26)15-17(13)29-19(22-15)23-7-2-8-24(10-9-23)20(27)28/h5-6,12H,2-4,7-10H2,1H3,(H,27,28). The zero-order valence-corrected chi connectivity index (χ0v) is 17.6. The van der Waals surface area contributed by atoms with Gasteiger partial charge in [-0.1, -0.05) is 15.9 Å². The number of benzene rings is 1. The van der Waals surface area contributed by atoms with Gasteiger partial charge in [0.05, 0.1) is 5.52 Å². The van der Waals surface area contributed by atoms with Gasteiger partial charge in [-0.3, -0.25) is 4.79 Å². The average Bonchev–Trinajstić information content (AvgIpc) is 3.47. The molecule has 2 fully saturated rings. The van der Waals surface area contributed by atoms with Gasteiger partial charge < -0.3 is 23.9 Å². The summed E-state index contributed by atoms with van der Waals surface area (Å²) < 4.78 is 8.95. The summed E-state index contributed by atoms with van der Waals surface area (Å²) in [5, 5.41) is 10.1. The molecular formula is C20H21BrN4O4. The van der Waals surface area contributed by atoms with Crippen LogP contribution < -0.4 is 10.5 Å². The summed E-state index contributed by atoms with van der Waals surface area (Å²) in [7, 11) is 0. The normalized spacial score (nSPS) is 17.9. The fraction of sp³-hybridized carbons (Fsp3) is 0.450. The average molecular weight is 461 g/mol. The molecule has 0 atom stereocenters. The van der Waals surface area contributed by atoms with E-state index in [-0.39, 0.29) is 11.6 Å². The molecule has 1 N–H and O–H groups in total. The Morgan fingerprint density at radius 3 is 2.76 bits per heavy atom. The van der Waals surface area contributed by atoms with Crippen LogP contribution in [0.2, 0.25) is 0 Å². The van der Waals surface area contributed by atoms with Gasteiger partial charge in [-0.25, -0.2) is 4.79 Å². The maximum absolute atomic E-state index is 13.3. The highest BCUT2D eigenvalue weighted by Crippen LogP contribution is 2.40. The largest absolute Gasteiger partial charge is 0.465 e. The van der Waals surface area contributed by atoms with E-state index in [0.717, 1.165) is 33.8 Å². The number of hydrogen-bond acceptors (Lipinski definition) is 5. The molecule has 29 heavy (non-hydrogen) atoms. The molecule has 3 heterocycles. The van der Waals surface area contributed by atoms with Crippen LogP contribution in [0.15, 0.2) is 25.8 Å². The van der Waals surface area contributed by atoms with Crippen molar-refractivity contribution >= 4 is 50.0 Å². The summed E-state index contributed by atoms with van der Waals surface area (Å²) in [6.07, 6.45) is 1.76. The van der Waals surface area contributed by atoms with Gasteiger partial charge in [0.25, 0.3) is 11.6 Å². The molecule has 1 aliphatic carbocycles. The quantitative estimate of drug-likeness (QED) is 0.625. The Morgan fingerprint density at radius 1 is 1.24 bits per heavy atom. The minimum absolute atomic E-state index is 0.117. The zero-order chi connectivity index (χ0) is 20.3. The summed E-state index contributed by atoms with van der Waals surface area (Å²) >= 11 is 3.58. The van der Waals surface area contributed by atoms with E-state index in [1.54, 1.807) is 0 Å². The Labute approximate surface area is 174 Å². The molecule has 2 aromatic heterocycles. The number of amides is 1. The third-order valence-electron chi connectivity index (χ3n) is 5.84. The molecular weight excluding hydrogens is 440 g/mol. The molecule has 3 aromatic rings. The minimum atomic E-state index is -0.913. The number of carboxylic acid groups (broad SMARTS) is 1. The topological polar surface area (TPSA) is 91.8 Å². The molecule has 152 valence electrons. The molecule has 0 spiro atoms. The third-order valence-corrected chi connectivity index (χ3v) is 6.70. The van der Waals surface area contributed by atoms with Crippen LogP contribution in [0.5, 0.6) is 0 Å². The number of pyridine rings is 1. The highest BCUT2D eigenvalue weighted by Gasteiger charge is 2.31. The number of oxazole rings is 1. The number of halogens is 1. The molecule has 0 radical (unpaired) electrons. The van der Waals surface area contributed by atoms with Gasteiger partial charge in [0.2, 0.25) is 0 Å². The lowest BCUT2D eigenvalue weighted by molar-refractivity contribution is 0.148. The van der Waals surface area contributed by atoms with Crippen LogP contribution >= 0.6 is 15.9 Å². The second-order valence-corrected chi connectivity index (χ2v) is 8.61. The fourth-order valence-electron chi connectivity index (χ4n) is 4.14. The molecule has 0 unspecified atom stereocenters. The lowest BCUT2D eigenvalue weighted by Gasteiger charge is -2.18. The van der Waals surface area contributed by atoms with Gasteiger partial charge in [0.1, 0.15) is 0 Å². The third kappa shape index (κ3) is 2.99. The molecule has 0 bridgehead atoms. The van der Waals surface area contributed by atoms with Gasteiger partial charge >= 0.3 is 6.09 Å². The number of nitrogens with zero attached hydrogens (tertiary/aromatic N) is 4. The van der Waals surface area contributed by atoms with Crippen LogP contribution in [0.3, 0.4) is 0 Å². The fourth-order valence-corrected chi connectivity index (χ4v) is 4.46. The summed E-state index contributed by atoms with van der Waals surface area (Å²) in [5.41, 5.74) is 2.65. The molecule has 1 saturated heterocycles. The minimum Gasteiger partial charge on any atom is -0.465 e. The van der Waals surface area contributed by atoms with Gasteiger partial charge in [0.15, 0.2) is 11.1 Å². The van der Waals surface area contributed by atoms with E-state index in [1.165, 1.54) is 4.90 Å². The molecule has 9 heteroatoms. The monoisotopic (exact) mass is 460 g/mol. The summed E-state index contributed by atoms with van der Waals surface area (Å²) in [4.78, 5) is 32.5. The Hall–Kier alpha value is -2.55. The number of carbonyl (C=O) groups is 1. The first kappa shape index (κ1) is 18.5. The smallest absolute Gasteiger partial charge is 0.407 e. The van der Waals surface area contributed by atoms with Crippen molar-refractivity contribution in [2.75, 3.05) is 31.1 Å². The molecule has 1 aromatic carbocycles. The Kier molecular flexibility index (Phi) is 4.31. The second-order valence-electron chi connectivity index (χ2n) is 7.76. The van der Waals surface area contributed by atoms with Gasteiger partial charge in [-0.05, 0) is 43.9 Å². The molecule has 1 amide bonds. The van der Waals surface area contributed by atoms with Crippen LogP contribution in [-0.2, 0) is 0 Å². The van der Waals surface area contributed by atoms with Gasteiger partial charge in [-0.15, -0.1) is 0 Å². The maximum atomic E-state index is 13.3. The number of rotatable bonds is 2. The van der Waals surface area contributed by atoms with Crippen molar-refractivity contribution in [3.05, 3.63) is 32.5 Å². The zero-order valence-electron chi connectivity index (χ0n) is 16.0. The van der Waals surface area contributed by atoms with E-state index in [4.69, 9.17) is 4.42 Å². The van der Waals surface area contributed by atoms with Crippen LogP contribution in [0, 0.1) is 6.92 Å². The molecule has 1 saturated carbocycles. The molecule has 1 aliphatic heterocycles. The van der Waals surface area contributed by atoms with Crippen molar-refractivity contribution in [3.63, 3.8) is 0 Å². The highest BCUT2D eigenvalue weighted by molar-refractivity contribution is 9.10. The highest BCUT2D eigenvalue weighted by atomic mass is 79.9. The predicted molar refractivity (Wildman–Crippen MR) is 113 cm³/mol. The van der Waals surface area contributed by atoms with Crippen LogP contribution in [0.4, 0.5) is 10.8 Å². The van der Waals surface area contributed by atoms with Crippen molar-refractivity contribution in [1.29, 1.82) is 0 Å². The number of fused-ring (bicyclic) bond motifs is 3. The Balaban J connectivity index is 1.66. The van der Waals surface area contributed by atoms with Crippen LogP contribution in [0.1, 0.15) is 30.9 Å². The summed E-state index contributed by atoms with van der Waals surface area (Å²) in [5.74, 6) is 0. The van der Waals surface area contributed by atoms with E-state index in [9.17, 15) is 14.7 Å². The van der Waals surface area contributed by atoms with E-state index in [1.807, 2.05) is 28.5 Å². The second kappa shape index (κ2) is 6.76. The lowest BCUT2D eigenvalue weighted by Crippen LogP contribution is -2.34. The van der Waals surface area contributed by atoms with E-state index in [0.29, 0.717) is 49.7 Å². The van der Waals surface area contributed by atoms with Crippen molar-refractivity contribution in [2.45, 2.75) is 32.2 Å². The maximum Gasteiger partial charge on any atom is 0.407 e. The summed E-state index contributed by atoms with van der Waals surface area (Å²) in [6.45, 7) is 3.99. The lowest BCUT2D eigenvalue weighted by atomic mass is 10.1. The first-order valence-electron chi connectivity index (χ1n) is 9.82. The van der Waals surface area contributed by atoms with Crippen molar-refractivity contribution in [2.24, 2.45) is 0 Å². The first-order valence-corrected chi connectivity index (χ1v) is 10.6. The van der Waals surface area contributed by atoms with Crippen molar-refractivity contribution < 1.29 is 14.3 Å². The van der Waals surface area contributed by atoms with Crippen molar-refractivity contribution in [1.82, 2.24) is 14.5 Å². The first-order chi connectivity index (χ1) is 14.0. The van der Waals surface area contributed by atoms with Crippen LogP contribution in [0.25, 0.3) is 22.0 Å². The Morgan fingerprint density at radius 2 is 2.03 bits per heavy atom. The Bertz CT molecular complexity index is 1200. The summed E-state index contributed by atoms with van der Waals surface area (Å²) in [6, 6.07) is 4.54. The molecule has 5 rings (SSSR count). The van der Waals surface area contributed by atoms with E-state index in [2.05, 4.69) is 20.9 Å². The molecule has 2 aliphatic rings. The van der Waals surface area contributed by atoms with Gasteiger partial charge in [-0.2, -0.15) is 4.98 Å². The number of aromatic nitrogens is 2. The molecule has 8 nitrogen and oxygen atoms in total. The SMILES string of the molecule is Cc1c(Br)ccc2c3oc(N4CCCN(C(=O)O)CC4)nc3c(=O)n(C3CC3)c12.